The first-order chi connectivity index (χ1) is 6.50. The Bertz CT molecular complexity index is 218. The molecule has 0 aliphatic carbocycles. The summed E-state index contributed by atoms with van der Waals surface area (Å²) in [6.45, 7) is -0.479. The summed E-state index contributed by atoms with van der Waals surface area (Å²) >= 11 is 0. The van der Waals surface area contributed by atoms with Gasteiger partial charge in [0.25, 0.3) is 6.43 Å². The van der Waals surface area contributed by atoms with Crippen LogP contribution in [0.15, 0.2) is 0 Å². The molecule has 0 aromatic heterocycles. The van der Waals surface area contributed by atoms with Gasteiger partial charge in [-0.2, -0.15) is 0 Å². The normalized spacial score (nSPS) is 25.1. The van der Waals surface area contributed by atoms with Gasteiger partial charge >= 0.3 is 0 Å². The highest BCUT2D eigenvalue weighted by Crippen LogP contribution is 2.12. The zero-order chi connectivity index (χ0) is 10.7. The zero-order valence-electron chi connectivity index (χ0n) is 8.25. The van der Waals surface area contributed by atoms with Crippen LogP contribution in [0.4, 0.5) is 13.2 Å². The van der Waals surface area contributed by atoms with E-state index in [1.54, 1.807) is 0 Å². The third kappa shape index (κ3) is 4.25. The Morgan fingerprint density at radius 1 is 1.60 bits per heavy atom. The van der Waals surface area contributed by atoms with E-state index in [0.717, 1.165) is 4.90 Å². The quantitative estimate of drug-likeness (QED) is 0.800. The molecule has 1 fully saturated rings. The smallest absolute Gasteiger partial charge is 0.255 e. The van der Waals surface area contributed by atoms with E-state index >= 15 is 0 Å². The minimum Gasteiger partial charge on any atom is -0.339 e. The lowest BCUT2D eigenvalue weighted by atomic mass is 10.2. The number of alkyl halides is 3. The van der Waals surface area contributed by atoms with Gasteiger partial charge in [0.1, 0.15) is 6.17 Å². The minimum atomic E-state index is -2.55. The van der Waals surface area contributed by atoms with Gasteiger partial charge in [-0.25, -0.2) is 13.2 Å². The van der Waals surface area contributed by atoms with Crippen molar-refractivity contribution >= 4 is 18.3 Å². The molecule has 0 aromatic carbocycles. The van der Waals surface area contributed by atoms with Crippen LogP contribution in [-0.2, 0) is 4.79 Å². The molecule has 7 heteroatoms. The third-order valence-electron chi connectivity index (χ3n) is 2.16. The number of carbonyl (C=O) groups is 1. The summed E-state index contributed by atoms with van der Waals surface area (Å²) in [5, 5.41) is 2.65. The summed E-state index contributed by atoms with van der Waals surface area (Å²) in [6, 6.07) is -0.645. The fourth-order valence-electron chi connectivity index (χ4n) is 1.44. The van der Waals surface area contributed by atoms with Crippen molar-refractivity contribution in [2.24, 2.45) is 0 Å². The Labute approximate surface area is 92.4 Å². The molecule has 1 saturated heterocycles. The molecule has 0 bridgehead atoms. The van der Waals surface area contributed by atoms with Crippen molar-refractivity contribution < 1.29 is 18.0 Å². The van der Waals surface area contributed by atoms with Gasteiger partial charge in [0, 0.05) is 20.0 Å². The van der Waals surface area contributed by atoms with Gasteiger partial charge in [-0.1, -0.05) is 0 Å². The first-order valence-corrected chi connectivity index (χ1v) is 4.41. The molecule has 0 unspecified atom stereocenters. The van der Waals surface area contributed by atoms with Crippen molar-refractivity contribution in [3.8, 4) is 0 Å². The highest BCUT2D eigenvalue weighted by molar-refractivity contribution is 5.85. The third-order valence-corrected chi connectivity index (χ3v) is 2.16. The fourth-order valence-corrected chi connectivity index (χ4v) is 1.44. The van der Waals surface area contributed by atoms with E-state index in [1.807, 2.05) is 0 Å². The summed E-state index contributed by atoms with van der Waals surface area (Å²) in [5.74, 6) is -0.467. The molecule has 1 N–H and O–H groups in total. The Hall–Kier alpha value is -0.490. The van der Waals surface area contributed by atoms with E-state index in [4.69, 9.17) is 0 Å². The van der Waals surface area contributed by atoms with Gasteiger partial charge in [-0.3, -0.25) is 4.79 Å². The number of amides is 1. The van der Waals surface area contributed by atoms with Crippen LogP contribution in [0, 0.1) is 0 Å². The Balaban J connectivity index is 0.00000196. The average Bonchev–Trinajstić information content (AvgIpc) is 2.49. The highest BCUT2D eigenvalue weighted by Gasteiger charge is 2.31. The Morgan fingerprint density at radius 3 is 2.60 bits per heavy atom. The van der Waals surface area contributed by atoms with Crippen LogP contribution in [-0.4, -0.2) is 49.6 Å². The van der Waals surface area contributed by atoms with Gasteiger partial charge < -0.3 is 10.2 Å². The minimum absolute atomic E-state index is 0. The van der Waals surface area contributed by atoms with E-state index in [-0.39, 0.29) is 25.4 Å². The monoisotopic (exact) mass is 246 g/mol. The van der Waals surface area contributed by atoms with Gasteiger partial charge in [-0.15, -0.1) is 12.4 Å². The molecule has 0 aromatic rings. The molecular formula is C8H14ClF3N2O. The first kappa shape index (κ1) is 14.5. The largest absolute Gasteiger partial charge is 0.339 e. The van der Waals surface area contributed by atoms with Crippen molar-refractivity contribution in [2.45, 2.75) is 25.1 Å². The summed E-state index contributed by atoms with van der Waals surface area (Å²) in [6.07, 6.45) is -3.53. The molecule has 3 nitrogen and oxygen atoms in total. The fraction of sp³-hybridized carbons (Fsp3) is 0.875. The first-order valence-electron chi connectivity index (χ1n) is 4.41. The molecule has 2 atom stereocenters. The van der Waals surface area contributed by atoms with Gasteiger partial charge in [0.2, 0.25) is 5.91 Å². The summed E-state index contributed by atoms with van der Waals surface area (Å²) < 4.78 is 36.5. The second-order valence-corrected chi connectivity index (χ2v) is 3.40. The molecular weight excluding hydrogens is 233 g/mol. The van der Waals surface area contributed by atoms with E-state index < -0.39 is 31.1 Å². The Morgan fingerprint density at radius 2 is 2.20 bits per heavy atom. The van der Waals surface area contributed by atoms with Crippen molar-refractivity contribution in [1.29, 1.82) is 0 Å². The highest BCUT2D eigenvalue weighted by atomic mass is 35.5. The molecule has 1 rings (SSSR count). The summed E-state index contributed by atoms with van der Waals surface area (Å²) in [4.78, 5) is 12.3. The number of hydrogen-bond acceptors (Lipinski definition) is 2. The molecule has 1 aliphatic rings. The number of rotatable bonds is 3. The van der Waals surface area contributed by atoms with Crippen LogP contribution in [0.3, 0.4) is 0 Å². The zero-order valence-corrected chi connectivity index (χ0v) is 9.07. The van der Waals surface area contributed by atoms with Crippen molar-refractivity contribution in [1.82, 2.24) is 10.2 Å². The maximum Gasteiger partial charge on any atom is 0.255 e. The van der Waals surface area contributed by atoms with Crippen LogP contribution in [0.25, 0.3) is 0 Å². The van der Waals surface area contributed by atoms with Crippen LogP contribution in [0.2, 0.25) is 0 Å². The van der Waals surface area contributed by atoms with Crippen molar-refractivity contribution in [3.05, 3.63) is 0 Å². The predicted molar refractivity (Wildman–Crippen MR) is 52.2 cm³/mol. The Kier molecular flexibility index (Phi) is 5.97. The number of nitrogens with zero attached hydrogens (tertiary/aromatic N) is 1. The molecule has 90 valence electrons. The van der Waals surface area contributed by atoms with E-state index in [9.17, 15) is 18.0 Å². The number of likely N-dealkylation sites (N-methyl/N-ethyl adjacent to an activating group) is 1. The maximum absolute atomic E-state index is 12.7. The van der Waals surface area contributed by atoms with Gasteiger partial charge in [-0.05, 0) is 0 Å². The number of halogens is 4. The molecule has 1 amide bonds. The average molecular weight is 247 g/mol. The van der Waals surface area contributed by atoms with E-state index in [2.05, 4.69) is 5.32 Å². The molecule has 1 heterocycles. The molecule has 0 radical (unpaired) electrons. The SMILES string of the molecule is CN(CC(F)F)C(=O)[C@H]1C[C@H](F)CN1.Cl. The predicted octanol–water partition coefficient (Wildman–Crippen LogP) is 0.832. The number of hydrogen-bond donors (Lipinski definition) is 1. The van der Waals surface area contributed by atoms with Crippen LogP contribution in [0.5, 0.6) is 0 Å². The second kappa shape index (κ2) is 6.17. The standard InChI is InChI=1S/C8H13F3N2O.ClH/c1-13(4-7(10)11)8(14)6-2-5(9)3-12-6;/h5-7,12H,2-4H2,1H3;1H/t5-,6+;/m0./s1. The lowest BCUT2D eigenvalue weighted by Gasteiger charge is -2.20. The van der Waals surface area contributed by atoms with E-state index in [0.29, 0.717) is 0 Å². The summed E-state index contributed by atoms with van der Waals surface area (Å²) in [5.41, 5.74) is 0. The maximum atomic E-state index is 12.7. The molecule has 0 saturated carbocycles. The number of nitrogens with one attached hydrogen (secondary N) is 1. The lowest BCUT2D eigenvalue weighted by molar-refractivity contribution is -0.133. The lowest BCUT2D eigenvalue weighted by Crippen LogP contribution is -2.43. The van der Waals surface area contributed by atoms with Crippen LogP contribution < -0.4 is 5.32 Å². The molecule has 15 heavy (non-hydrogen) atoms. The van der Waals surface area contributed by atoms with Crippen LogP contribution in [0.1, 0.15) is 6.42 Å². The summed E-state index contributed by atoms with van der Waals surface area (Å²) in [7, 11) is 1.29. The molecule has 1 aliphatic heterocycles. The van der Waals surface area contributed by atoms with Crippen molar-refractivity contribution in [3.63, 3.8) is 0 Å². The van der Waals surface area contributed by atoms with Gasteiger partial charge in [0.15, 0.2) is 0 Å². The molecule has 0 spiro atoms. The topological polar surface area (TPSA) is 32.3 Å². The van der Waals surface area contributed by atoms with Crippen LogP contribution >= 0.6 is 12.4 Å². The van der Waals surface area contributed by atoms with E-state index in [1.165, 1.54) is 7.05 Å². The number of carbonyl (C=O) groups excluding carboxylic acids is 1. The van der Waals surface area contributed by atoms with Gasteiger partial charge in [0.05, 0.1) is 12.6 Å². The second-order valence-electron chi connectivity index (χ2n) is 3.40. The van der Waals surface area contributed by atoms with Crippen molar-refractivity contribution in [2.75, 3.05) is 20.1 Å².